The first-order valence-corrected chi connectivity index (χ1v) is 11.9. The average Bonchev–Trinajstić information content (AvgIpc) is 3.42. The number of nitrogens with two attached hydrogens (primary N) is 2. The zero-order valence-electron chi connectivity index (χ0n) is 20.3. The fraction of sp³-hybridized carbons (Fsp3) is 0.542. The molecule has 9 heteroatoms. The van der Waals surface area contributed by atoms with Crippen LogP contribution in [0.1, 0.15) is 65.7 Å². The molecule has 0 spiro atoms. The fourth-order valence-corrected chi connectivity index (χ4v) is 4.22. The van der Waals surface area contributed by atoms with Gasteiger partial charge in [-0.05, 0) is 57.3 Å². The highest BCUT2D eigenvalue weighted by Crippen LogP contribution is 2.34. The van der Waals surface area contributed by atoms with Crippen LogP contribution in [0.5, 0.6) is 0 Å². The fourth-order valence-electron chi connectivity index (χ4n) is 4.22. The Hall–Kier alpha value is -2.52. The van der Waals surface area contributed by atoms with E-state index in [1.54, 1.807) is 11.4 Å². The number of hydrogen-bond acceptors (Lipinski definition) is 6. The van der Waals surface area contributed by atoms with Crippen molar-refractivity contribution in [1.29, 1.82) is 0 Å². The van der Waals surface area contributed by atoms with Crippen LogP contribution in [-0.2, 0) is 24.7 Å². The second-order valence-electron chi connectivity index (χ2n) is 8.63. The van der Waals surface area contributed by atoms with Crippen molar-refractivity contribution in [3.05, 3.63) is 46.6 Å². The number of fused-ring (bicyclic) bond motifs is 1. The summed E-state index contributed by atoms with van der Waals surface area (Å²) in [4.78, 5) is 24.5. The van der Waals surface area contributed by atoms with Gasteiger partial charge in [0.05, 0.1) is 5.69 Å². The highest BCUT2D eigenvalue weighted by Gasteiger charge is 2.28. The second-order valence-corrected chi connectivity index (χ2v) is 9.43. The van der Waals surface area contributed by atoms with Crippen molar-refractivity contribution in [2.24, 2.45) is 12.8 Å². The van der Waals surface area contributed by atoms with Crippen LogP contribution in [0.4, 0.5) is 5.82 Å². The summed E-state index contributed by atoms with van der Waals surface area (Å²) < 4.78 is 3.23. The molecule has 1 atom stereocenters. The van der Waals surface area contributed by atoms with Crippen molar-refractivity contribution in [2.75, 3.05) is 32.9 Å². The van der Waals surface area contributed by atoms with Crippen LogP contribution in [0, 0.1) is 0 Å². The zero-order valence-corrected chi connectivity index (χ0v) is 21.1. The number of likely N-dealkylation sites (tertiary alicyclic amines) is 1. The molecule has 2 amide bonds. The lowest BCUT2D eigenvalue weighted by atomic mass is 9.81. The lowest BCUT2D eigenvalue weighted by Crippen LogP contribution is -2.26. The molecule has 1 aromatic heterocycles. The lowest BCUT2D eigenvalue weighted by Gasteiger charge is -2.23. The number of thiol groups is 1. The number of benzene rings is 1. The predicted molar refractivity (Wildman–Crippen MR) is 136 cm³/mol. The number of aromatic nitrogens is 2. The molecule has 2 aromatic rings. The molecule has 4 rings (SSSR count). The Balaban J connectivity index is 0.000000246. The van der Waals surface area contributed by atoms with Gasteiger partial charge in [0.25, 0.3) is 5.91 Å². The summed E-state index contributed by atoms with van der Waals surface area (Å²) in [6.45, 7) is 3.90. The van der Waals surface area contributed by atoms with Gasteiger partial charge in [0.15, 0.2) is 0 Å². The predicted octanol–water partition coefficient (Wildman–Crippen LogP) is 2.79. The molecule has 1 aromatic carbocycles. The SMILES string of the molecule is CCC(=O)N1CCCC1.CN(C)S.Cn1nc(C2CCc3ccccc3C2)c(C(N)=O)c1N. The van der Waals surface area contributed by atoms with Gasteiger partial charge in [-0.25, -0.2) is 0 Å². The summed E-state index contributed by atoms with van der Waals surface area (Å²) >= 11 is 3.80. The van der Waals surface area contributed by atoms with Crippen molar-refractivity contribution in [1.82, 2.24) is 19.0 Å². The number of carbonyl (C=O) groups is 2. The maximum Gasteiger partial charge on any atom is 0.254 e. The molecular weight excluding hydrogens is 436 g/mol. The summed E-state index contributed by atoms with van der Waals surface area (Å²) in [5, 5.41) is 4.42. The van der Waals surface area contributed by atoms with E-state index in [9.17, 15) is 9.59 Å². The van der Waals surface area contributed by atoms with Crippen molar-refractivity contribution in [2.45, 2.75) is 51.4 Å². The van der Waals surface area contributed by atoms with Gasteiger partial charge < -0.3 is 16.4 Å². The number of nitrogens with zero attached hydrogens (tertiary/aromatic N) is 4. The quantitative estimate of drug-likeness (QED) is 0.593. The van der Waals surface area contributed by atoms with E-state index in [1.807, 2.05) is 32.0 Å². The summed E-state index contributed by atoms with van der Waals surface area (Å²) in [5.41, 5.74) is 15.2. The number of hydrogen-bond donors (Lipinski definition) is 3. The Morgan fingerprint density at radius 2 is 1.76 bits per heavy atom. The van der Waals surface area contributed by atoms with Gasteiger partial charge in [-0.15, -0.1) is 0 Å². The van der Waals surface area contributed by atoms with Crippen molar-refractivity contribution in [3.8, 4) is 0 Å². The lowest BCUT2D eigenvalue weighted by molar-refractivity contribution is -0.129. The third kappa shape index (κ3) is 7.50. The molecule has 2 aliphatic rings. The van der Waals surface area contributed by atoms with Crippen molar-refractivity contribution < 1.29 is 9.59 Å². The van der Waals surface area contributed by atoms with Gasteiger partial charge in [-0.1, -0.05) is 44.0 Å². The molecule has 0 radical (unpaired) electrons. The number of amides is 2. The van der Waals surface area contributed by atoms with Crippen LogP contribution in [0.25, 0.3) is 0 Å². The van der Waals surface area contributed by atoms with Crippen LogP contribution in [0.3, 0.4) is 0 Å². The zero-order chi connectivity index (χ0) is 24.5. The number of nitrogen functional groups attached to an aromatic ring is 1. The van der Waals surface area contributed by atoms with Crippen LogP contribution in [0.15, 0.2) is 24.3 Å². The Labute approximate surface area is 202 Å². The first kappa shape index (κ1) is 26.7. The molecule has 1 aliphatic carbocycles. The minimum absolute atomic E-state index is 0.205. The summed E-state index contributed by atoms with van der Waals surface area (Å²) in [7, 11) is 5.47. The van der Waals surface area contributed by atoms with Gasteiger partial charge in [0, 0.05) is 32.5 Å². The number of carbonyl (C=O) groups excluding carboxylic acids is 2. The smallest absolute Gasteiger partial charge is 0.254 e. The monoisotopic (exact) mass is 474 g/mol. The van der Waals surface area contributed by atoms with E-state index in [1.165, 1.54) is 28.7 Å². The molecule has 1 aliphatic heterocycles. The molecule has 1 saturated heterocycles. The highest BCUT2D eigenvalue weighted by atomic mass is 32.1. The van der Waals surface area contributed by atoms with Crippen molar-refractivity contribution in [3.63, 3.8) is 0 Å². The van der Waals surface area contributed by atoms with Crippen molar-refractivity contribution >= 4 is 30.4 Å². The van der Waals surface area contributed by atoms with Crippen LogP contribution in [-0.4, -0.2) is 58.0 Å². The third-order valence-electron chi connectivity index (χ3n) is 5.86. The van der Waals surface area contributed by atoms with E-state index in [0.29, 0.717) is 23.7 Å². The molecule has 2 heterocycles. The molecule has 8 nitrogen and oxygen atoms in total. The average molecular weight is 475 g/mol. The summed E-state index contributed by atoms with van der Waals surface area (Å²) in [6.07, 6.45) is 5.91. The maximum atomic E-state index is 11.6. The number of anilines is 1. The van der Waals surface area contributed by atoms with E-state index in [-0.39, 0.29) is 5.92 Å². The van der Waals surface area contributed by atoms with E-state index < -0.39 is 5.91 Å². The van der Waals surface area contributed by atoms with Gasteiger partial charge in [-0.3, -0.25) is 18.6 Å². The third-order valence-corrected chi connectivity index (χ3v) is 5.86. The Kier molecular flexibility index (Phi) is 10.2. The van der Waals surface area contributed by atoms with Crippen LogP contribution in [0.2, 0.25) is 0 Å². The van der Waals surface area contributed by atoms with Crippen LogP contribution >= 0.6 is 12.8 Å². The number of aryl methyl sites for hydroxylation is 2. The number of primary amides is 1. The molecule has 1 unspecified atom stereocenters. The van der Waals surface area contributed by atoms with E-state index in [2.05, 4.69) is 36.1 Å². The van der Waals surface area contributed by atoms with Crippen LogP contribution < -0.4 is 11.5 Å². The minimum Gasteiger partial charge on any atom is -0.383 e. The summed E-state index contributed by atoms with van der Waals surface area (Å²) in [6, 6.07) is 8.40. The Bertz CT molecular complexity index is 934. The topological polar surface area (TPSA) is 110 Å². The molecule has 0 saturated carbocycles. The molecule has 33 heavy (non-hydrogen) atoms. The van der Waals surface area contributed by atoms with Gasteiger partial charge in [-0.2, -0.15) is 5.10 Å². The molecule has 1 fully saturated rings. The first-order chi connectivity index (χ1) is 15.6. The maximum absolute atomic E-state index is 11.6. The van der Waals surface area contributed by atoms with E-state index in [0.717, 1.165) is 38.0 Å². The summed E-state index contributed by atoms with van der Waals surface area (Å²) in [5.74, 6) is 0.374. The largest absolute Gasteiger partial charge is 0.383 e. The molecule has 4 N–H and O–H groups in total. The molecule has 0 bridgehead atoms. The first-order valence-electron chi connectivity index (χ1n) is 11.5. The standard InChI is InChI=1S/C15H18N4O.C7H13NO.C2H7NS/c1-19-14(16)12(15(17)20)13(18-19)11-7-6-9-4-2-3-5-10(9)8-11;1-2-7(9)8-5-3-4-6-8;1-3(2)4/h2-5,11H,6-8,16H2,1H3,(H2,17,20);2-6H2,1H3;4H,1-2H3. The number of rotatable bonds is 3. The molecular formula is C24H38N6O2S. The second kappa shape index (κ2) is 12.6. The molecule has 182 valence electrons. The van der Waals surface area contributed by atoms with E-state index in [4.69, 9.17) is 11.5 Å². The normalized spacial score (nSPS) is 16.9. The Morgan fingerprint density at radius 3 is 2.30 bits per heavy atom. The van der Waals surface area contributed by atoms with Gasteiger partial charge >= 0.3 is 0 Å². The van der Waals surface area contributed by atoms with Gasteiger partial charge in [0.1, 0.15) is 11.4 Å². The Morgan fingerprint density at radius 1 is 1.18 bits per heavy atom. The van der Waals surface area contributed by atoms with Gasteiger partial charge in [0.2, 0.25) is 5.91 Å². The highest BCUT2D eigenvalue weighted by molar-refractivity contribution is 7.77. The minimum atomic E-state index is -0.496. The van der Waals surface area contributed by atoms with E-state index >= 15 is 0 Å².